The van der Waals surface area contributed by atoms with Crippen molar-refractivity contribution >= 4 is 38.7 Å². The lowest BCUT2D eigenvalue weighted by Crippen LogP contribution is -2.22. The molecule has 3 aromatic rings. The van der Waals surface area contributed by atoms with Crippen molar-refractivity contribution in [2.24, 2.45) is 5.92 Å². The number of nitrogens with one attached hydrogen (secondary N) is 1. The van der Waals surface area contributed by atoms with Crippen LogP contribution in [0.2, 0.25) is 0 Å². The van der Waals surface area contributed by atoms with Gasteiger partial charge in [0, 0.05) is 29.8 Å². The number of rotatable bonds is 4. The highest BCUT2D eigenvalue weighted by Gasteiger charge is 2.23. The minimum Gasteiger partial charge on any atom is -0.424 e. The fourth-order valence-electron chi connectivity index (χ4n) is 3.09. The van der Waals surface area contributed by atoms with Crippen LogP contribution < -0.4 is 10.2 Å². The van der Waals surface area contributed by atoms with Crippen molar-refractivity contribution in [3.8, 4) is 0 Å². The summed E-state index contributed by atoms with van der Waals surface area (Å²) >= 11 is 3.54. The topological polar surface area (TPSA) is 41.3 Å². The molecule has 0 bridgehead atoms. The van der Waals surface area contributed by atoms with Gasteiger partial charge in [-0.1, -0.05) is 34.1 Å². The second-order valence-corrected chi connectivity index (χ2v) is 6.86. The van der Waals surface area contributed by atoms with Gasteiger partial charge in [-0.3, -0.25) is 0 Å². The molecule has 0 spiro atoms. The smallest absolute Gasteiger partial charge is 0.295 e. The molecule has 118 valence electrons. The van der Waals surface area contributed by atoms with Gasteiger partial charge in [-0.05, 0) is 42.7 Å². The molecule has 5 heteroatoms. The number of aromatic nitrogens is 1. The largest absolute Gasteiger partial charge is 0.424 e. The van der Waals surface area contributed by atoms with Gasteiger partial charge in [-0.25, -0.2) is 0 Å². The lowest BCUT2D eigenvalue weighted by Gasteiger charge is -2.19. The average Bonchev–Trinajstić information content (AvgIpc) is 3.19. The number of oxazole rings is 1. The molecule has 4 rings (SSSR count). The molecule has 0 amide bonds. The molecule has 1 saturated heterocycles. The van der Waals surface area contributed by atoms with Gasteiger partial charge in [0.05, 0.1) is 0 Å². The summed E-state index contributed by atoms with van der Waals surface area (Å²) < 4.78 is 6.84. The van der Waals surface area contributed by atoms with E-state index in [2.05, 4.69) is 55.4 Å². The summed E-state index contributed by atoms with van der Waals surface area (Å²) in [5.74, 6) is 0.601. The van der Waals surface area contributed by atoms with Gasteiger partial charge in [0.2, 0.25) is 0 Å². The Morgan fingerprint density at radius 2 is 2.13 bits per heavy atom. The minimum atomic E-state index is 0.601. The first kappa shape index (κ1) is 14.6. The molecule has 1 aromatic heterocycles. The van der Waals surface area contributed by atoms with E-state index in [9.17, 15) is 0 Å². The summed E-state index contributed by atoms with van der Waals surface area (Å²) in [5, 5.41) is 3.35. The summed E-state index contributed by atoms with van der Waals surface area (Å²) in [4.78, 5) is 6.90. The van der Waals surface area contributed by atoms with Crippen LogP contribution in [-0.4, -0.2) is 24.6 Å². The molecule has 0 saturated carbocycles. The van der Waals surface area contributed by atoms with E-state index in [1.807, 2.05) is 24.3 Å². The van der Waals surface area contributed by atoms with Crippen LogP contribution >= 0.6 is 15.9 Å². The zero-order valence-corrected chi connectivity index (χ0v) is 14.3. The van der Waals surface area contributed by atoms with E-state index in [1.165, 1.54) is 12.1 Å². The van der Waals surface area contributed by atoms with Crippen LogP contribution in [-0.2, 0) is 0 Å². The summed E-state index contributed by atoms with van der Waals surface area (Å²) in [6.07, 6.45) is 1.18. The second-order valence-electron chi connectivity index (χ2n) is 5.95. The van der Waals surface area contributed by atoms with Crippen molar-refractivity contribution in [3.63, 3.8) is 0 Å². The Bertz CT molecular complexity index is 784. The van der Waals surface area contributed by atoms with Crippen LogP contribution in [0.1, 0.15) is 6.42 Å². The van der Waals surface area contributed by atoms with Crippen LogP contribution in [0.5, 0.6) is 0 Å². The van der Waals surface area contributed by atoms with Crippen LogP contribution in [0.15, 0.2) is 57.4 Å². The zero-order valence-electron chi connectivity index (χ0n) is 12.7. The summed E-state index contributed by atoms with van der Waals surface area (Å²) in [7, 11) is 0. The molecule has 0 radical (unpaired) electrons. The maximum Gasteiger partial charge on any atom is 0.295 e. The highest BCUT2D eigenvalue weighted by Crippen LogP contribution is 2.26. The molecule has 23 heavy (non-hydrogen) atoms. The fraction of sp³-hybridized carbons (Fsp3) is 0.278. The van der Waals surface area contributed by atoms with Gasteiger partial charge < -0.3 is 14.6 Å². The van der Waals surface area contributed by atoms with E-state index in [0.29, 0.717) is 11.9 Å². The van der Waals surface area contributed by atoms with E-state index in [0.717, 1.165) is 35.2 Å². The Balaban J connectivity index is 1.37. The number of anilines is 2. The third-order valence-corrected chi connectivity index (χ3v) is 4.79. The maximum absolute atomic E-state index is 5.71. The van der Waals surface area contributed by atoms with Crippen molar-refractivity contribution < 1.29 is 4.42 Å². The van der Waals surface area contributed by atoms with Crippen LogP contribution in [0.25, 0.3) is 11.1 Å². The molecular weight excluding hydrogens is 354 g/mol. The van der Waals surface area contributed by atoms with E-state index >= 15 is 0 Å². The SMILES string of the molecule is Brc1cccc(N2CC[C@@H](CNc3nc4ccccc4o3)C2)c1. The standard InChI is InChI=1S/C18H18BrN3O/c19-14-4-3-5-15(10-14)22-9-8-13(12-22)11-20-18-21-16-6-1-2-7-17(16)23-18/h1-7,10,13H,8-9,11-12H2,(H,20,21)/t13-/m0/s1. The van der Waals surface area contributed by atoms with Gasteiger partial charge in [-0.2, -0.15) is 4.98 Å². The molecule has 0 unspecified atom stereocenters. The van der Waals surface area contributed by atoms with Gasteiger partial charge >= 0.3 is 0 Å². The van der Waals surface area contributed by atoms with Crippen LogP contribution in [0.3, 0.4) is 0 Å². The van der Waals surface area contributed by atoms with Crippen molar-refractivity contribution in [3.05, 3.63) is 53.0 Å². The van der Waals surface area contributed by atoms with E-state index in [4.69, 9.17) is 4.42 Å². The van der Waals surface area contributed by atoms with Crippen molar-refractivity contribution in [2.45, 2.75) is 6.42 Å². The first-order chi connectivity index (χ1) is 11.3. The van der Waals surface area contributed by atoms with Gasteiger partial charge in [0.15, 0.2) is 5.58 Å². The van der Waals surface area contributed by atoms with Crippen molar-refractivity contribution in [2.75, 3.05) is 29.9 Å². The Morgan fingerprint density at radius 1 is 1.22 bits per heavy atom. The average molecular weight is 372 g/mol. The summed E-state index contributed by atoms with van der Waals surface area (Å²) in [6.45, 7) is 3.04. The normalized spacial score (nSPS) is 17.8. The Morgan fingerprint density at radius 3 is 3.00 bits per heavy atom. The Kier molecular flexibility index (Phi) is 3.95. The molecule has 2 heterocycles. The lowest BCUT2D eigenvalue weighted by atomic mass is 10.1. The predicted octanol–water partition coefficient (Wildman–Crippen LogP) is 4.53. The minimum absolute atomic E-state index is 0.601. The number of para-hydroxylation sites is 2. The number of nitrogens with zero attached hydrogens (tertiary/aromatic N) is 2. The van der Waals surface area contributed by atoms with Crippen LogP contribution in [0, 0.1) is 5.92 Å². The number of hydrogen-bond acceptors (Lipinski definition) is 4. The molecule has 1 N–H and O–H groups in total. The third-order valence-electron chi connectivity index (χ3n) is 4.30. The molecule has 1 atom stereocenters. The van der Waals surface area contributed by atoms with Crippen molar-refractivity contribution in [1.82, 2.24) is 4.98 Å². The molecule has 1 aliphatic heterocycles. The number of halogens is 1. The highest BCUT2D eigenvalue weighted by molar-refractivity contribution is 9.10. The first-order valence-corrected chi connectivity index (χ1v) is 8.67. The lowest BCUT2D eigenvalue weighted by molar-refractivity contribution is 0.577. The molecule has 1 aliphatic rings. The maximum atomic E-state index is 5.71. The Hall–Kier alpha value is -2.01. The predicted molar refractivity (Wildman–Crippen MR) is 97.0 cm³/mol. The van der Waals surface area contributed by atoms with Gasteiger partial charge in [0.1, 0.15) is 5.52 Å². The molecule has 0 aliphatic carbocycles. The zero-order chi connectivity index (χ0) is 15.6. The molecule has 2 aromatic carbocycles. The van der Waals surface area contributed by atoms with E-state index in [1.54, 1.807) is 0 Å². The summed E-state index contributed by atoms with van der Waals surface area (Å²) in [5.41, 5.74) is 3.01. The van der Waals surface area contributed by atoms with E-state index < -0.39 is 0 Å². The highest BCUT2D eigenvalue weighted by atomic mass is 79.9. The molecule has 4 nitrogen and oxygen atoms in total. The quantitative estimate of drug-likeness (QED) is 0.731. The van der Waals surface area contributed by atoms with Gasteiger partial charge in [-0.15, -0.1) is 0 Å². The number of hydrogen-bond donors (Lipinski definition) is 1. The Labute approximate surface area is 143 Å². The van der Waals surface area contributed by atoms with Gasteiger partial charge in [0.25, 0.3) is 6.01 Å². The molecular formula is C18H18BrN3O. The third kappa shape index (κ3) is 3.20. The second kappa shape index (κ2) is 6.24. The van der Waals surface area contributed by atoms with Crippen molar-refractivity contribution in [1.29, 1.82) is 0 Å². The van der Waals surface area contributed by atoms with Crippen LogP contribution in [0.4, 0.5) is 11.7 Å². The molecule has 1 fully saturated rings. The number of fused-ring (bicyclic) bond motifs is 1. The monoisotopic (exact) mass is 371 g/mol. The fourth-order valence-corrected chi connectivity index (χ4v) is 3.47. The summed E-state index contributed by atoms with van der Waals surface area (Å²) in [6, 6.07) is 17.0. The first-order valence-electron chi connectivity index (χ1n) is 7.88. The number of benzene rings is 2. The van der Waals surface area contributed by atoms with E-state index in [-0.39, 0.29) is 0 Å².